The highest BCUT2D eigenvalue weighted by molar-refractivity contribution is 7.09. The molecule has 1 aromatic carbocycles. The lowest BCUT2D eigenvalue weighted by molar-refractivity contribution is -0.137. The second-order valence-electron chi connectivity index (χ2n) is 7.69. The Morgan fingerprint density at radius 3 is 2.37 bits per heavy atom. The Labute approximate surface area is 177 Å². The van der Waals surface area contributed by atoms with Gasteiger partial charge in [0.2, 0.25) is 5.91 Å². The van der Waals surface area contributed by atoms with E-state index in [1.54, 1.807) is 16.2 Å². The quantitative estimate of drug-likeness (QED) is 0.749. The molecule has 0 bridgehead atoms. The third kappa shape index (κ3) is 5.38. The van der Waals surface area contributed by atoms with Gasteiger partial charge in [0.1, 0.15) is 0 Å². The Balaban J connectivity index is 1.48. The van der Waals surface area contributed by atoms with Gasteiger partial charge in [0.15, 0.2) is 0 Å². The van der Waals surface area contributed by atoms with Gasteiger partial charge in [-0.25, -0.2) is 4.98 Å². The van der Waals surface area contributed by atoms with E-state index in [9.17, 15) is 22.8 Å². The molecule has 0 spiro atoms. The van der Waals surface area contributed by atoms with Crippen LogP contribution in [-0.4, -0.2) is 34.8 Å². The van der Waals surface area contributed by atoms with Crippen molar-refractivity contribution in [2.75, 3.05) is 13.1 Å². The van der Waals surface area contributed by atoms with Crippen LogP contribution >= 0.6 is 11.3 Å². The summed E-state index contributed by atoms with van der Waals surface area (Å²) in [7, 11) is 0. The largest absolute Gasteiger partial charge is 0.416 e. The zero-order valence-electron chi connectivity index (χ0n) is 16.8. The number of halogens is 3. The number of likely N-dealkylation sites (tertiary alicyclic amines) is 1. The van der Waals surface area contributed by atoms with Crippen molar-refractivity contribution in [2.24, 2.45) is 5.92 Å². The minimum atomic E-state index is -4.43. The number of carbonyl (C=O) groups is 2. The molecule has 5 nitrogen and oxygen atoms in total. The lowest BCUT2D eigenvalue weighted by Crippen LogP contribution is -2.43. The van der Waals surface area contributed by atoms with Gasteiger partial charge in [0, 0.05) is 35.9 Å². The summed E-state index contributed by atoms with van der Waals surface area (Å²) in [6, 6.07) is 4.22. The summed E-state index contributed by atoms with van der Waals surface area (Å²) < 4.78 is 38.0. The van der Waals surface area contributed by atoms with Crippen molar-refractivity contribution >= 4 is 23.2 Å². The molecule has 3 rings (SSSR count). The van der Waals surface area contributed by atoms with Gasteiger partial charge in [0.05, 0.1) is 22.8 Å². The van der Waals surface area contributed by atoms with Crippen LogP contribution in [0.1, 0.15) is 59.2 Å². The van der Waals surface area contributed by atoms with Crippen LogP contribution in [0.2, 0.25) is 0 Å². The standard InChI is InChI=1S/C21H24F3N3O2S/c1-13(2)19-26-17(12-30-19)11-25-18(28)14-7-9-27(10-8-14)20(29)15-3-5-16(6-4-15)21(22,23)24/h3-6,12-14H,7-11H2,1-2H3,(H,25,28). The summed E-state index contributed by atoms with van der Waals surface area (Å²) in [6.07, 6.45) is -3.39. The molecule has 0 saturated carbocycles. The van der Waals surface area contributed by atoms with Gasteiger partial charge in [-0.05, 0) is 37.1 Å². The number of hydrogen-bond acceptors (Lipinski definition) is 4. The van der Waals surface area contributed by atoms with Crippen molar-refractivity contribution in [1.82, 2.24) is 15.2 Å². The normalized spacial score (nSPS) is 15.5. The second-order valence-corrected chi connectivity index (χ2v) is 8.58. The molecule has 0 atom stereocenters. The van der Waals surface area contributed by atoms with Crippen LogP contribution in [0, 0.1) is 5.92 Å². The van der Waals surface area contributed by atoms with Gasteiger partial charge in [-0.1, -0.05) is 13.8 Å². The molecule has 162 valence electrons. The molecule has 1 aliphatic heterocycles. The van der Waals surface area contributed by atoms with E-state index in [1.807, 2.05) is 5.38 Å². The van der Waals surface area contributed by atoms with E-state index in [4.69, 9.17) is 0 Å². The summed E-state index contributed by atoms with van der Waals surface area (Å²) in [4.78, 5) is 31.1. The van der Waals surface area contributed by atoms with E-state index in [0.29, 0.717) is 38.4 Å². The maximum absolute atomic E-state index is 12.7. The predicted molar refractivity (Wildman–Crippen MR) is 108 cm³/mol. The van der Waals surface area contributed by atoms with Crippen molar-refractivity contribution in [3.63, 3.8) is 0 Å². The highest BCUT2D eigenvalue weighted by atomic mass is 32.1. The summed E-state index contributed by atoms with van der Waals surface area (Å²) in [6.45, 7) is 5.31. The van der Waals surface area contributed by atoms with Crippen LogP contribution in [0.25, 0.3) is 0 Å². The van der Waals surface area contributed by atoms with Gasteiger partial charge in [-0.3, -0.25) is 9.59 Å². The van der Waals surface area contributed by atoms with Crippen LogP contribution in [-0.2, 0) is 17.5 Å². The molecule has 1 aliphatic rings. The number of carbonyl (C=O) groups excluding carboxylic acids is 2. The third-order valence-electron chi connectivity index (χ3n) is 5.12. The van der Waals surface area contributed by atoms with Crippen molar-refractivity contribution in [3.05, 3.63) is 51.5 Å². The third-order valence-corrected chi connectivity index (χ3v) is 6.31. The number of amides is 2. The zero-order valence-corrected chi connectivity index (χ0v) is 17.6. The number of alkyl halides is 3. The number of rotatable bonds is 5. The van der Waals surface area contributed by atoms with Gasteiger partial charge >= 0.3 is 6.18 Å². The first-order valence-electron chi connectivity index (χ1n) is 9.83. The maximum atomic E-state index is 12.7. The molecule has 30 heavy (non-hydrogen) atoms. The van der Waals surface area contributed by atoms with E-state index in [0.717, 1.165) is 22.8 Å². The number of piperidine rings is 1. The van der Waals surface area contributed by atoms with E-state index in [-0.39, 0.29) is 23.3 Å². The Morgan fingerprint density at radius 1 is 1.20 bits per heavy atom. The molecule has 0 radical (unpaired) electrons. The fraction of sp³-hybridized carbons (Fsp3) is 0.476. The fourth-order valence-corrected chi connectivity index (χ4v) is 4.16. The molecule has 1 saturated heterocycles. The smallest absolute Gasteiger partial charge is 0.350 e. The van der Waals surface area contributed by atoms with E-state index in [1.165, 1.54) is 12.1 Å². The van der Waals surface area contributed by atoms with E-state index >= 15 is 0 Å². The number of nitrogens with one attached hydrogen (secondary N) is 1. The van der Waals surface area contributed by atoms with E-state index in [2.05, 4.69) is 24.1 Å². The SMILES string of the molecule is CC(C)c1nc(CNC(=O)C2CCN(C(=O)c3ccc(C(F)(F)F)cc3)CC2)cs1. The average molecular weight is 440 g/mol. The molecule has 2 heterocycles. The average Bonchev–Trinajstić information content (AvgIpc) is 3.20. The van der Waals surface area contributed by atoms with E-state index < -0.39 is 11.7 Å². The number of thiazole rings is 1. The van der Waals surface area contributed by atoms with Gasteiger partial charge in [0.25, 0.3) is 5.91 Å². The zero-order chi connectivity index (χ0) is 21.9. The molecule has 1 fully saturated rings. The summed E-state index contributed by atoms with van der Waals surface area (Å²) in [5.74, 6) is -0.210. The molecular formula is C21H24F3N3O2S. The highest BCUT2D eigenvalue weighted by Crippen LogP contribution is 2.29. The first-order valence-corrected chi connectivity index (χ1v) is 10.7. The lowest BCUT2D eigenvalue weighted by Gasteiger charge is -2.31. The van der Waals surface area contributed by atoms with Crippen LogP contribution in [0.5, 0.6) is 0 Å². The van der Waals surface area contributed by atoms with Gasteiger partial charge in [-0.2, -0.15) is 13.2 Å². The highest BCUT2D eigenvalue weighted by Gasteiger charge is 2.31. The number of aromatic nitrogens is 1. The van der Waals surface area contributed by atoms with Crippen LogP contribution < -0.4 is 5.32 Å². The van der Waals surface area contributed by atoms with Crippen LogP contribution in [0.15, 0.2) is 29.6 Å². The molecule has 2 amide bonds. The minimum absolute atomic E-state index is 0.0595. The first-order chi connectivity index (χ1) is 14.1. The first kappa shape index (κ1) is 22.3. The van der Waals surface area contributed by atoms with Crippen molar-refractivity contribution < 1.29 is 22.8 Å². The molecule has 2 aromatic rings. The van der Waals surface area contributed by atoms with Crippen LogP contribution in [0.3, 0.4) is 0 Å². The van der Waals surface area contributed by atoms with Crippen LogP contribution in [0.4, 0.5) is 13.2 Å². The Kier molecular flexibility index (Phi) is 6.80. The predicted octanol–water partition coefficient (Wildman–Crippen LogP) is 4.45. The fourth-order valence-electron chi connectivity index (χ4n) is 3.32. The molecule has 1 aromatic heterocycles. The van der Waals surface area contributed by atoms with Crippen molar-refractivity contribution in [2.45, 2.75) is 45.3 Å². The molecular weight excluding hydrogens is 415 g/mol. The second kappa shape index (κ2) is 9.16. The Hall–Kier alpha value is -2.42. The molecule has 0 aliphatic carbocycles. The van der Waals surface area contributed by atoms with Crippen molar-refractivity contribution in [1.29, 1.82) is 0 Å². The minimum Gasteiger partial charge on any atom is -0.350 e. The molecule has 0 unspecified atom stereocenters. The Bertz CT molecular complexity index is 886. The topological polar surface area (TPSA) is 62.3 Å². The lowest BCUT2D eigenvalue weighted by atomic mass is 9.95. The number of nitrogens with zero attached hydrogens (tertiary/aromatic N) is 2. The van der Waals surface area contributed by atoms with Crippen molar-refractivity contribution in [3.8, 4) is 0 Å². The maximum Gasteiger partial charge on any atom is 0.416 e. The number of hydrogen-bond donors (Lipinski definition) is 1. The van der Waals surface area contributed by atoms with Gasteiger partial charge in [-0.15, -0.1) is 11.3 Å². The molecule has 9 heteroatoms. The van der Waals surface area contributed by atoms with Gasteiger partial charge < -0.3 is 10.2 Å². The number of benzene rings is 1. The summed E-state index contributed by atoms with van der Waals surface area (Å²) in [5, 5.41) is 5.89. The summed E-state index contributed by atoms with van der Waals surface area (Å²) >= 11 is 1.58. The Morgan fingerprint density at radius 2 is 1.83 bits per heavy atom. The molecule has 1 N–H and O–H groups in total. The monoisotopic (exact) mass is 439 g/mol. The summed E-state index contributed by atoms with van der Waals surface area (Å²) in [5.41, 5.74) is 0.275.